The lowest BCUT2D eigenvalue weighted by Gasteiger charge is -2.26. The van der Waals surface area contributed by atoms with Crippen LogP contribution in [0.2, 0.25) is 0 Å². The summed E-state index contributed by atoms with van der Waals surface area (Å²) in [4.78, 5) is 12.3. The second-order valence-electron chi connectivity index (χ2n) is 6.05. The minimum absolute atomic E-state index is 0.00957. The first kappa shape index (κ1) is 18.9. The van der Waals surface area contributed by atoms with Crippen LogP contribution in [0.1, 0.15) is 31.7 Å². The first-order valence-electron chi connectivity index (χ1n) is 8.18. The summed E-state index contributed by atoms with van der Waals surface area (Å²) in [6, 6.07) is 0.0750. The molecule has 1 aliphatic rings. The molecule has 0 spiro atoms. The van der Waals surface area contributed by atoms with Crippen molar-refractivity contribution in [2.75, 3.05) is 26.3 Å². The zero-order valence-corrected chi connectivity index (χ0v) is 15.5. The molecule has 1 aromatic rings. The fourth-order valence-corrected chi connectivity index (χ4v) is 4.46. The Balaban J connectivity index is 2.24. The second-order valence-corrected chi connectivity index (χ2v) is 7.93. The van der Waals surface area contributed by atoms with Crippen LogP contribution in [0.15, 0.2) is 4.90 Å². The molecule has 8 nitrogen and oxygen atoms in total. The third-order valence-electron chi connectivity index (χ3n) is 4.20. The average Bonchev–Trinajstić information content (AvgIpc) is 2.82. The van der Waals surface area contributed by atoms with E-state index in [0.29, 0.717) is 37.7 Å². The van der Waals surface area contributed by atoms with Crippen LogP contribution < -0.4 is 5.32 Å². The highest BCUT2D eigenvalue weighted by atomic mass is 32.2. The standard InChI is InChI=1S/C15H26N4O4S/c1-5-11(2)16-14(20)10-19-13(4)15(12(3)17-19)24(21,22)18-6-8-23-9-7-18/h11H,5-10H2,1-4H3,(H,16,20)/t11-/m0/s1. The number of sulfonamides is 1. The Morgan fingerprint density at radius 2 is 1.96 bits per heavy atom. The molecule has 0 unspecified atom stereocenters. The van der Waals surface area contributed by atoms with Crippen molar-refractivity contribution in [2.24, 2.45) is 0 Å². The normalized spacial score (nSPS) is 17.7. The predicted octanol–water partition coefficient (Wildman–Crippen LogP) is 0.436. The lowest BCUT2D eigenvalue weighted by atomic mass is 10.2. The van der Waals surface area contributed by atoms with Crippen LogP contribution in [0.5, 0.6) is 0 Å². The summed E-state index contributed by atoms with van der Waals surface area (Å²) < 4.78 is 33.8. The van der Waals surface area contributed by atoms with Crippen LogP contribution in [0.25, 0.3) is 0 Å². The zero-order valence-electron chi connectivity index (χ0n) is 14.7. The van der Waals surface area contributed by atoms with Gasteiger partial charge in [-0.3, -0.25) is 9.48 Å². The van der Waals surface area contributed by atoms with Gasteiger partial charge in [0.05, 0.1) is 24.6 Å². The monoisotopic (exact) mass is 358 g/mol. The number of ether oxygens (including phenoxy) is 1. The van der Waals surface area contributed by atoms with Crippen LogP contribution in [0, 0.1) is 13.8 Å². The summed E-state index contributed by atoms with van der Waals surface area (Å²) in [5.41, 5.74) is 0.897. The summed E-state index contributed by atoms with van der Waals surface area (Å²) in [6.07, 6.45) is 0.833. The van der Waals surface area contributed by atoms with Gasteiger partial charge in [0.25, 0.3) is 0 Å². The number of hydrogen-bond donors (Lipinski definition) is 1. The van der Waals surface area contributed by atoms with E-state index in [1.807, 2.05) is 13.8 Å². The lowest BCUT2D eigenvalue weighted by Crippen LogP contribution is -2.41. The maximum absolute atomic E-state index is 12.9. The molecule has 0 aromatic carbocycles. The summed E-state index contributed by atoms with van der Waals surface area (Å²) in [5, 5.41) is 7.12. The summed E-state index contributed by atoms with van der Waals surface area (Å²) in [5.74, 6) is -0.176. The number of nitrogens with one attached hydrogen (secondary N) is 1. The van der Waals surface area contributed by atoms with Crippen molar-refractivity contribution < 1.29 is 17.9 Å². The molecule has 1 N–H and O–H groups in total. The molecule has 2 rings (SSSR count). The first-order chi connectivity index (χ1) is 11.3. The van der Waals surface area contributed by atoms with Gasteiger partial charge in [0, 0.05) is 19.1 Å². The highest BCUT2D eigenvalue weighted by Crippen LogP contribution is 2.24. The first-order valence-corrected chi connectivity index (χ1v) is 9.62. The van der Waals surface area contributed by atoms with Crippen LogP contribution >= 0.6 is 0 Å². The van der Waals surface area contributed by atoms with Gasteiger partial charge in [-0.2, -0.15) is 9.40 Å². The Kier molecular flexibility index (Phi) is 6.00. The molecule has 1 atom stereocenters. The predicted molar refractivity (Wildman–Crippen MR) is 89.2 cm³/mol. The van der Waals surface area contributed by atoms with Crippen LogP contribution in [-0.2, 0) is 26.1 Å². The Hall–Kier alpha value is -1.45. The molecule has 9 heteroatoms. The van der Waals surface area contributed by atoms with Crippen molar-refractivity contribution in [2.45, 2.75) is 51.6 Å². The van der Waals surface area contributed by atoms with Gasteiger partial charge < -0.3 is 10.1 Å². The Labute approximate surface area is 143 Å². The van der Waals surface area contributed by atoms with Crippen molar-refractivity contribution in [3.8, 4) is 0 Å². The minimum Gasteiger partial charge on any atom is -0.379 e. The van der Waals surface area contributed by atoms with Crippen LogP contribution in [0.4, 0.5) is 0 Å². The molecule has 1 aromatic heterocycles. The van der Waals surface area contributed by atoms with E-state index < -0.39 is 10.0 Å². The lowest BCUT2D eigenvalue weighted by molar-refractivity contribution is -0.122. The Bertz CT molecular complexity index is 693. The zero-order chi connectivity index (χ0) is 17.9. The van der Waals surface area contributed by atoms with Gasteiger partial charge in [0.15, 0.2) is 0 Å². The van der Waals surface area contributed by atoms with E-state index in [1.54, 1.807) is 13.8 Å². The highest BCUT2D eigenvalue weighted by Gasteiger charge is 2.32. The molecule has 0 radical (unpaired) electrons. The third-order valence-corrected chi connectivity index (χ3v) is 6.35. The van der Waals surface area contributed by atoms with Gasteiger partial charge in [0.2, 0.25) is 15.9 Å². The van der Waals surface area contributed by atoms with E-state index in [1.165, 1.54) is 8.99 Å². The number of carbonyl (C=O) groups excluding carboxylic acids is 1. The Morgan fingerprint density at radius 1 is 1.33 bits per heavy atom. The molecule has 1 aliphatic heterocycles. The van der Waals surface area contributed by atoms with E-state index in [4.69, 9.17) is 4.74 Å². The molecule has 24 heavy (non-hydrogen) atoms. The van der Waals surface area contributed by atoms with E-state index in [9.17, 15) is 13.2 Å². The van der Waals surface area contributed by atoms with Crippen molar-refractivity contribution in [3.05, 3.63) is 11.4 Å². The van der Waals surface area contributed by atoms with Gasteiger partial charge in [-0.1, -0.05) is 6.92 Å². The van der Waals surface area contributed by atoms with Crippen molar-refractivity contribution in [1.29, 1.82) is 0 Å². The molecule has 2 heterocycles. The number of aromatic nitrogens is 2. The van der Waals surface area contributed by atoms with E-state index in [-0.39, 0.29) is 23.4 Å². The van der Waals surface area contributed by atoms with Crippen molar-refractivity contribution in [3.63, 3.8) is 0 Å². The fraction of sp³-hybridized carbons (Fsp3) is 0.733. The van der Waals surface area contributed by atoms with Crippen molar-refractivity contribution in [1.82, 2.24) is 19.4 Å². The van der Waals surface area contributed by atoms with Gasteiger partial charge in [-0.25, -0.2) is 8.42 Å². The average molecular weight is 358 g/mol. The number of hydrogen-bond acceptors (Lipinski definition) is 5. The smallest absolute Gasteiger partial charge is 0.246 e. The minimum atomic E-state index is -3.63. The quantitative estimate of drug-likeness (QED) is 0.796. The van der Waals surface area contributed by atoms with Crippen LogP contribution in [0.3, 0.4) is 0 Å². The second kappa shape index (κ2) is 7.62. The third kappa shape index (κ3) is 3.96. The number of morpholine rings is 1. The molecule has 0 bridgehead atoms. The van der Waals surface area contributed by atoms with E-state index >= 15 is 0 Å². The maximum atomic E-state index is 12.9. The summed E-state index contributed by atoms with van der Waals surface area (Å²) in [6.45, 7) is 8.71. The molecule has 0 aliphatic carbocycles. The molecule has 136 valence electrons. The number of amides is 1. The number of carbonyl (C=O) groups is 1. The number of nitrogens with zero attached hydrogens (tertiary/aromatic N) is 3. The fourth-order valence-electron chi connectivity index (χ4n) is 2.68. The Morgan fingerprint density at radius 3 is 2.54 bits per heavy atom. The van der Waals surface area contributed by atoms with Crippen LogP contribution in [-0.4, -0.2) is 60.8 Å². The maximum Gasteiger partial charge on any atom is 0.246 e. The topological polar surface area (TPSA) is 93.5 Å². The number of rotatable bonds is 6. The molecular formula is C15H26N4O4S. The molecule has 1 fully saturated rings. The summed E-state index contributed by atoms with van der Waals surface area (Å²) in [7, 11) is -3.63. The summed E-state index contributed by atoms with van der Waals surface area (Å²) >= 11 is 0. The molecular weight excluding hydrogens is 332 g/mol. The molecule has 1 saturated heterocycles. The highest BCUT2D eigenvalue weighted by molar-refractivity contribution is 7.89. The van der Waals surface area contributed by atoms with E-state index in [0.717, 1.165) is 6.42 Å². The van der Waals surface area contributed by atoms with Gasteiger partial charge in [-0.15, -0.1) is 0 Å². The number of aryl methyl sites for hydroxylation is 1. The van der Waals surface area contributed by atoms with Gasteiger partial charge >= 0.3 is 0 Å². The van der Waals surface area contributed by atoms with E-state index in [2.05, 4.69) is 10.4 Å². The largest absolute Gasteiger partial charge is 0.379 e. The SMILES string of the molecule is CC[C@H](C)NC(=O)Cn1nc(C)c(S(=O)(=O)N2CCOCC2)c1C. The molecule has 0 saturated carbocycles. The van der Waals surface area contributed by atoms with Gasteiger partial charge in [-0.05, 0) is 27.2 Å². The van der Waals surface area contributed by atoms with Gasteiger partial charge in [0.1, 0.15) is 11.4 Å². The molecule has 1 amide bonds. The van der Waals surface area contributed by atoms with Crippen molar-refractivity contribution >= 4 is 15.9 Å².